The van der Waals surface area contributed by atoms with Crippen LogP contribution in [0.3, 0.4) is 0 Å². The van der Waals surface area contributed by atoms with Gasteiger partial charge < -0.3 is 15.4 Å². The molecule has 1 aliphatic carbocycles. The average Bonchev–Trinajstić information content (AvgIpc) is 2.65. The molecular weight excluding hydrogens is 347 g/mol. The van der Waals surface area contributed by atoms with Gasteiger partial charge in [-0.3, -0.25) is 9.59 Å². The maximum atomic E-state index is 14.3. The summed E-state index contributed by atoms with van der Waals surface area (Å²) < 4.78 is 20.2. The predicted molar refractivity (Wildman–Crippen MR) is 100 cm³/mol. The summed E-state index contributed by atoms with van der Waals surface area (Å²) in [4.78, 5) is 24.0. The average molecular weight is 374 g/mol. The van der Waals surface area contributed by atoms with Gasteiger partial charge in [-0.2, -0.15) is 0 Å². The number of benzene rings is 1. The second-order valence-corrected chi connectivity index (χ2v) is 7.40. The summed E-state index contributed by atoms with van der Waals surface area (Å²) >= 11 is 0. The van der Waals surface area contributed by atoms with Gasteiger partial charge in [0.25, 0.3) is 0 Å². The van der Waals surface area contributed by atoms with E-state index in [-0.39, 0.29) is 31.0 Å². The SMILES string of the molecule is C=CC(=O)NCc1ccc(CNC(=O)C2(C3CCCCO3)CCC2)c(F)c1. The van der Waals surface area contributed by atoms with Crippen LogP contribution in [0.1, 0.15) is 49.7 Å². The Morgan fingerprint density at radius 3 is 2.63 bits per heavy atom. The van der Waals surface area contributed by atoms with Crippen molar-refractivity contribution in [3.63, 3.8) is 0 Å². The van der Waals surface area contributed by atoms with Gasteiger partial charge in [0.05, 0.1) is 11.5 Å². The first-order chi connectivity index (χ1) is 13.0. The number of carbonyl (C=O) groups is 2. The molecule has 0 spiro atoms. The maximum Gasteiger partial charge on any atom is 0.243 e. The fourth-order valence-electron chi connectivity index (χ4n) is 3.89. The van der Waals surface area contributed by atoms with Gasteiger partial charge in [0.2, 0.25) is 11.8 Å². The molecule has 27 heavy (non-hydrogen) atoms. The van der Waals surface area contributed by atoms with E-state index in [1.807, 2.05) is 0 Å². The van der Waals surface area contributed by atoms with Crippen LogP contribution in [0.2, 0.25) is 0 Å². The first-order valence-corrected chi connectivity index (χ1v) is 9.62. The number of rotatable bonds is 7. The van der Waals surface area contributed by atoms with Crippen molar-refractivity contribution in [2.24, 2.45) is 5.41 Å². The predicted octanol–water partition coefficient (Wildman–Crippen LogP) is 2.98. The lowest BCUT2D eigenvalue weighted by Crippen LogP contribution is -2.54. The lowest BCUT2D eigenvalue weighted by Gasteiger charge is -2.47. The summed E-state index contributed by atoms with van der Waals surface area (Å²) in [5.41, 5.74) is 0.649. The molecule has 6 heteroatoms. The van der Waals surface area contributed by atoms with E-state index < -0.39 is 11.2 Å². The number of amides is 2. The molecule has 1 aromatic rings. The van der Waals surface area contributed by atoms with Crippen LogP contribution in [-0.2, 0) is 27.4 Å². The zero-order valence-corrected chi connectivity index (χ0v) is 15.6. The fraction of sp³-hybridized carbons (Fsp3) is 0.524. The smallest absolute Gasteiger partial charge is 0.243 e. The van der Waals surface area contributed by atoms with Crippen molar-refractivity contribution in [3.8, 4) is 0 Å². The van der Waals surface area contributed by atoms with Gasteiger partial charge >= 0.3 is 0 Å². The highest BCUT2D eigenvalue weighted by atomic mass is 19.1. The normalized spacial score (nSPS) is 21.0. The standard InChI is InChI=1S/C21H27FN2O3/c1-2-19(25)23-13-15-7-8-16(17(22)12-15)14-24-20(26)21(9-5-10-21)18-6-3-4-11-27-18/h2,7-8,12,18H,1,3-6,9-11,13-14H2,(H,23,25)(H,24,26). The van der Waals surface area contributed by atoms with Gasteiger partial charge in [0.1, 0.15) is 5.82 Å². The van der Waals surface area contributed by atoms with Crippen LogP contribution in [0.15, 0.2) is 30.9 Å². The Kier molecular flexibility index (Phi) is 6.26. The Morgan fingerprint density at radius 2 is 2.04 bits per heavy atom. The highest BCUT2D eigenvalue weighted by Crippen LogP contribution is 2.47. The molecule has 1 unspecified atom stereocenters. The molecule has 5 nitrogen and oxygen atoms in total. The molecule has 0 bridgehead atoms. The molecule has 1 atom stereocenters. The first kappa shape index (κ1) is 19.5. The van der Waals surface area contributed by atoms with Crippen molar-refractivity contribution >= 4 is 11.8 Å². The quantitative estimate of drug-likeness (QED) is 0.721. The minimum atomic E-state index is -0.439. The van der Waals surface area contributed by atoms with E-state index in [1.165, 1.54) is 12.1 Å². The molecule has 1 saturated carbocycles. The zero-order valence-electron chi connectivity index (χ0n) is 15.6. The Labute approximate surface area is 159 Å². The lowest BCUT2D eigenvalue weighted by atomic mass is 9.63. The Morgan fingerprint density at radius 1 is 1.22 bits per heavy atom. The van der Waals surface area contributed by atoms with Crippen molar-refractivity contribution < 1.29 is 18.7 Å². The van der Waals surface area contributed by atoms with Crippen molar-refractivity contribution in [3.05, 3.63) is 47.8 Å². The summed E-state index contributed by atoms with van der Waals surface area (Å²) in [6, 6.07) is 4.78. The third-order valence-electron chi connectivity index (χ3n) is 5.70. The molecule has 2 N–H and O–H groups in total. The Balaban J connectivity index is 1.58. The van der Waals surface area contributed by atoms with Gasteiger partial charge in [0, 0.05) is 25.3 Å². The summed E-state index contributed by atoms with van der Waals surface area (Å²) in [7, 11) is 0. The number of ether oxygens (including phenoxy) is 1. The van der Waals surface area contributed by atoms with Gasteiger partial charge in [-0.25, -0.2) is 4.39 Å². The van der Waals surface area contributed by atoms with Crippen LogP contribution in [0.4, 0.5) is 4.39 Å². The molecule has 2 fully saturated rings. The van der Waals surface area contributed by atoms with Crippen LogP contribution < -0.4 is 10.6 Å². The van der Waals surface area contributed by atoms with Crippen LogP contribution in [0, 0.1) is 11.2 Å². The van der Waals surface area contributed by atoms with E-state index in [9.17, 15) is 14.0 Å². The molecule has 0 aromatic heterocycles. The number of carbonyl (C=O) groups excluding carboxylic acids is 2. The number of hydrogen-bond donors (Lipinski definition) is 2. The molecule has 1 heterocycles. The van der Waals surface area contributed by atoms with Gasteiger partial charge in [-0.1, -0.05) is 25.1 Å². The molecule has 146 valence electrons. The van der Waals surface area contributed by atoms with Crippen LogP contribution >= 0.6 is 0 Å². The third-order valence-corrected chi connectivity index (χ3v) is 5.70. The summed E-state index contributed by atoms with van der Waals surface area (Å²) in [5.74, 6) is -0.720. The second kappa shape index (κ2) is 8.65. The van der Waals surface area contributed by atoms with Crippen LogP contribution in [0.25, 0.3) is 0 Å². The molecule has 1 aromatic carbocycles. The van der Waals surface area contributed by atoms with E-state index >= 15 is 0 Å². The first-order valence-electron chi connectivity index (χ1n) is 9.62. The molecule has 0 radical (unpaired) electrons. The van der Waals surface area contributed by atoms with Crippen LogP contribution in [0.5, 0.6) is 0 Å². The van der Waals surface area contributed by atoms with E-state index in [4.69, 9.17) is 4.74 Å². The Hall–Kier alpha value is -2.21. The van der Waals surface area contributed by atoms with Crippen LogP contribution in [-0.4, -0.2) is 24.5 Å². The Bertz CT molecular complexity index is 709. The lowest BCUT2D eigenvalue weighted by molar-refractivity contribution is -0.157. The minimum absolute atomic E-state index is 0.0132. The van der Waals surface area contributed by atoms with Crippen molar-refractivity contribution in [2.45, 2.75) is 57.7 Å². The molecule has 3 rings (SSSR count). The molecule has 2 amide bonds. The number of hydrogen-bond acceptors (Lipinski definition) is 3. The van der Waals surface area contributed by atoms with E-state index in [0.717, 1.165) is 45.1 Å². The van der Waals surface area contributed by atoms with Gasteiger partial charge in [0.15, 0.2) is 0 Å². The molecule has 2 aliphatic rings. The number of halogens is 1. The molecule has 1 saturated heterocycles. The highest BCUT2D eigenvalue weighted by molar-refractivity contribution is 5.86. The zero-order chi connectivity index (χ0) is 19.3. The summed E-state index contributed by atoms with van der Waals surface area (Å²) in [6.07, 6.45) is 6.95. The highest BCUT2D eigenvalue weighted by Gasteiger charge is 2.51. The number of nitrogens with one attached hydrogen (secondary N) is 2. The summed E-state index contributed by atoms with van der Waals surface area (Å²) in [6.45, 7) is 4.48. The van der Waals surface area contributed by atoms with Crippen molar-refractivity contribution in [2.75, 3.05) is 6.61 Å². The largest absolute Gasteiger partial charge is 0.377 e. The topological polar surface area (TPSA) is 67.4 Å². The second-order valence-electron chi connectivity index (χ2n) is 7.40. The molecular formula is C21H27FN2O3. The van der Waals surface area contributed by atoms with Crippen molar-refractivity contribution in [1.82, 2.24) is 10.6 Å². The van der Waals surface area contributed by atoms with E-state index in [0.29, 0.717) is 11.1 Å². The van der Waals surface area contributed by atoms with E-state index in [2.05, 4.69) is 17.2 Å². The molecule has 1 aliphatic heterocycles. The monoisotopic (exact) mass is 374 g/mol. The maximum absolute atomic E-state index is 14.3. The van der Waals surface area contributed by atoms with E-state index in [1.54, 1.807) is 12.1 Å². The summed E-state index contributed by atoms with van der Waals surface area (Å²) in [5, 5.41) is 5.53. The van der Waals surface area contributed by atoms with Gasteiger partial charge in [-0.15, -0.1) is 0 Å². The minimum Gasteiger partial charge on any atom is -0.377 e. The fourth-order valence-corrected chi connectivity index (χ4v) is 3.89. The third kappa shape index (κ3) is 4.38. The van der Waals surface area contributed by atoms with Crippen molar-refractivity contribution in [1.29, 1.82) is 0 Å². The van der Waals surface area contributed by atoms with Gasteiger partial charge in [-0.05, 0) is 49.8 Å².